The zero-order valence-electron chi connectivity index (χ0n) is 10.2. The van der Waals surface area contributed by atoms with Crippen molar-refractivity contribution in [2.45, 2.75) is 5.88 Å². The summed E-state index contributed by atoms with van der Waals surface area (Å²) in [6, 6.07) is 7.47. The van der Waals surface area contributed by atoms with E-state index in [4.69, 9.17) is 21.1 Å². The lowest BCUT2D eigenvalue weighted by molar-refractivity contribution is 0.355. The summed E-state index contributed by atoms with van der Waals surface area (Å²) in [6.45, 7) is 0. The first-order valence-electron chi connectivity index (χ1n) is 5.38. The van der Waals surface area contributed by atoms with Gasteiger partial charge in [0.1, 0.15) is 5.82 Å². The van der Waals surface area contributed by atoms with Gasteiger partial charge in [0.15, 0.2) is 11.5 Å². The summed E-state index contributed by atoms with van der Waals surface area (Å²) >= 11 is 5.72. The second kappa shape index (κ2) is 5.69. The molecule has 0 unspecified atom stereocenters. The van der Waals surface area contributed by atoms with Gasteiger partial charge in [-0.2, -0.15) is 0 Å². The summed E-state index contributed by atoms with van der Waals surface area (Å²) < 4.78 is 10.5. The van der Waals surface area contributed by atoms with Crippen LogP contribution in [-0.4, -0.2) is 24.2 Å². The fourth-order valence-electron chi connectivity index (χ4n) is 1.62. The normalized spacial score (nSPS) is 10.2. The number of aromatic nitrogens is 2. The number of methoxy groups -OCH3 is 2. The highest BCUT2D eigenvalue weighted by molar-refractivity contribution is 6.16. The van der Waals surface area contributed by atoms with Crippen LogP contribution in [0.15, 0.2) is 30.5 Å². The molecular weight excluding hydrogens is 252 g/mol. The lowest BCUT2D eigenvalue weighted by Crippen LogP contribution is -1.94. The lowest BCUT2D eigenvalue weighted by Gasteiger charge is -2.09. The van der Waals surface area contributed by atoms with Crippen molar-refractivity contribution < 1.29 is 9.47 Å². The topological polar surface area (TPSA) is 44.2 Å². The molecule has 18 heavy (non-hydrogen) atoms. The number of hydrogen-bond acceptors (Lipinski definition) is 4. The molecule has 0 spiro atoms. The summed E-state index contributed by atoms with van der Waals surface area (Å²) in [6.07, 6.45) is 1.69. The van der Waals surface area contributed by atoms with E-state index in [0.29, 0.717) is 23.2 Å². The Bertz CT molecular complexity index is 546. The van der Waals surface area contributed by atoms with Crippen molar-refractivity contribution in [1.29, 1.82) is 0 Å². The molecule has 1 aromatic carbocycles. The third-order valence-corrected chi connectivity index (χ3v) is 2.74. The number of benzene rings is 1. The van der Waals surface area contributed by atoms with Crippen molar-refractivity contribution in [2.24, 2.45) is 0 Å². The van der Waals surface area contributed by atoms with Crippen LogP contribution in [0.5, 0.6) is 11.5 Å². The zero-order chi connectivity index (χ0) is 13.0. The minimum Gasteiger partial charge on any atom is -0.493 e. The minimum atomic E-state index is 0.293. The summed E-state index contributed by atoms with van der Waals surface area (Å²) in [7, 11) is 3.21. The lowest BCUT2D eigenvalue weighted by atomic mass is 10.1. The van der Waals surface area contributed by atoms with Gasteiger partial charge in [-0.15, -0.1) is 11.6 Å². The van der Waals surface area contributed by atoms with Gasteiger partial charge in [0, 0.05) is 11.8 Å². The average molecular weight is 265 g/mol. The zero-order valence-corrected chi connectivity index (χ0v) is 10.9. The quantitative estimate of drug-likeness (QED) is 0.797. The van der Waals surface area contributed by atoms with E-state index >= 15 is 0 Å². The Hall–Kier alpha value is -1.81. The van der Waals surface area contributed by atoms with Crippen LogP contribution in [0.25, 0.3) is 11.3 Å². The molecule has 2 aromatic rings. The standard InChI is InChI=1S/C13H13ClN2O2/c1-17-11-4-3-9(7-12(11)18-2)10-5-6-15-13(8-14)16-10/h3-7H,8H2,1-2H3. The number of rotatable bonds is 4. The van der Waals surface area contributed by atoms with Crippen LogP contribution in [0.4, 0.5) is 0 Å². The Morgan fingerprint density at radius 3 is 2.56 bits per heavy atom. The van der Waals surface area contributed by atoms with E-state index in [1.807, 2.05) is 24.3 Å². The molecule has 0 atom stereocenters. The van der Waals surface area contributed by atoms with Gasteiger partial charge < -0.3 is 9.47 Å². The molecule has 0 saturated heterocycles. The molecule has 0 N–H and O–H groups in total. The van der Waals surface area contributed by atoms with Gasteiger partial charge in [-0.05, 0) is 24.3 Å². The molecule has 1 aromatic heterocycles. The molecule has 0 fully saturated rings. The van der Waals surface area contributed by atoms with Gasteiger partial charge >= 0.3 is 0 Å². The van der Waals surface area contributed by atoms with Crippen molar-refractivity contribution in [3.05, 3.63) is 36.3 Å². The predicted molar refractivity (Wildman–Crippen MR) is 70.1 cm³/mol. The fraction of sp³-hybridized carbons (Fsp3) is 0.231. The number of halogens is 1. The molecule has 0 radical (unpaired) electrons. The molecule has 4 nitrogen and oxygen atoms in total. The number of ether oxygens (including phenoxy) is 2. The van der Waals surface area contributed by atoms with Gasteiger partial charge in [0.2, 0.25) is 0 Å². The Kier molecular flexibility index (Phi) is 3.99. The predicted octanol–water partition coefficient (Wildman–Crippen LogP) is 2.90. The smallest absolute Gasteiger partial charge is 0.161 e. The highest BCUT2D eigenvalue weighted by atomic mass is 35.5. The molecule has 0 aliphatic rings. The Morgan fingerprint density at radius 2 is 1.89 bits per heavy atom. The third-order valence-electron chi connectivity index (χ3n) is 2.50. The summed E-state index contributed by atoms with van der Waals surface area (Å²) in [4.78, 5) is 8.41. The van der Waals surface area contributed by atoms with Gasteiger partial charge in [-0.3, -0.25) is 0 Å². The van der Waals surface area contributed by atoms with Gasteiger partial charge in [-0.25, -0.2) is 9.97 Å². The van der Waals surface area contributed by atoms with Crippen molar-refractivity contribution in [3.8, 4) is 22.8 Å². The average Bonchev–Trinajstić information content (AvgIpc) is 2.46. The summed E-state index contributed by atoms with van der Waals surface area (Å²) in [5.41, 5.74) is 1.74. The summed E-state index contributed by atoms with van der Waals surface area (Å²) in [5, 5.41) is 0. The van der Waals surface area contributed by atoms with Crippen LogP contribution in [-0.2, 0) is 5.88 Å². The van der Waals surface area contributed by atoms with Crippen LogP contribution in [0, 0.1) is 0 Å². The van der Waals surface area contributed by atoms with Gasteiger partial charge in [0.25, 0.3) is 0 Å². The molecule has 1 heterocycles. The van der Waals surface area contributed by atoms with Crippen molar-refractivity contribution in [3.63, 3.8) is 0 Å². The Labute approximate surface area is 111 Å². The van der Waals surface area contributed by atoms with E-state index in [2.05, 4.69) is 9.97 Å². The van der Waals surface area contributed by atoms with E-state index < -0.39 is 0 Å². The molecule has 2 rings (SSSR count). The molecule has 94 valence electrons. The first-order chi connectivity index (χ1) is 8.78. The van der Waals surface area contributed by atoms with E-state index in [1.54, 1.807) is 20.4 Å². The van der Waals surface area contributed by atoms with E-state index in [1.165, 1.54) is 0 Å². The molecule has 0 bridgehead atoms. The van der Waals surface area contributed by atoms with Crippen molar-refractivity contribution >= 4 is 11.6 Å². The second-order valence-corrected chi connectivity index (χ2v) is 3.83. The number of hydrogen-bond donors (Lipinski definition) is 0. The van der Waals surface area contributed by atoms with Gasteiger partial charge in [0.05, 0.1) is 25.8 Å². The second-order valence-electron chi connectivity index (χ2n) is 3.56. The van der Waals surface area contributed by atoms with E-state index in [0.717, 1.165) is 11.3 Å². The van der Waals surface area contributed by atoms with Gasteiger partial charge in [-0.1, -0.05) is 0 Å². The maximum absolute atomic E-state index is 5.72. The van der Waals surface area contributed by atoms with Crippen LogP contribution in [0.2, 0.25) is 0 Å². The van der Waals surface area contributed by atoms with Crippen LogP contribution >= 0.6 is 11.6 Å². The highest BCUT2D eigenvalue weighted by Crippen LogP contribution is 2.31. The SMILES string of the molecule is COc1ccc(-c2ccnc(CCl)n2)cc1OC. The highest BCUT2D eigenvalue weighted by Gasteiger charge is 2.07. The molecule has 5 heteroatoms. The van der Waals surface area contributed by atoms with E-state index in [-0.39, 0.29) is 0 Å². The monoisotopic (exact) mass is 264 g/mol. The Morgan fingerprint density at radius 1 is 1.11 bits per heavy atom. The largest absolute Gasteiger partial charge is 0.493 e. The van der Waals surface area contributed by atoms with Crippen molar-refractivity contribution in [1.82, 2.24) is 9.97 Å². The maximum Gasteiger partial charge on any atom is 0.161 e. The van der Waals surface area contributed by atoms with Crippen LogP contribution in [0.1, 0.15) is 5.82 Å². The first kappa shape index (κ1) is 12.6. The van der Waals surface area contributed by atoms with Crippen LogP contribution in [0.3, 0.4) is 0 Å². The first-order valence-corrected chi connectivity index (χ1v) is 5.92. The Balaban J connectivity index is 2.43. The fourth-order valence-corrected chi connectivity index (χ4v) is 1.75. The number of alkyl halides is 1. The maximum atomic E-state index is 5.72. The number of nitrogens with zero attached hydrogens (tertiary/aromatic N) is 2. The molecule has 0 aliphatic heterocycles. The molecule has 0 amide bonds. The molecule has 0 aliphatic carbocycles. The van der Waals surface area contributed by atoms with Crippen LogP contribution < -0.4 is 9.47 Å². The summed E-state index contributed by atoms with van der Waals surface area (Å²) in [5.74, 6) is 2.25. The minimum absolute atomic E-state index is 0.293. The molecule has 0 saturated carbocycles. The van der Waals surface area contributed by atoms with Crippen molar-refractivity contribution in [2.75, 3.05) is 14.2 Å². The third kappa shape index (κ3) is 2.54. The molecular formula is C13H13ClN2O2. The van der Waals surface area contributed by atoms with E-state index in [9.17, 15) is 0 Å².